The predicted molar refractivity (Wildman–Crippen MR) is 96.1 cm³/mol. The van der Waals surface area contributed by atoms with E-state index in [-0.39, 0.29) is 30.4 Å². The van der Waals surface area contributed by atoms with Crippen molar-refractivity contribution in [3.63, 3.8) is 0 Å². The number of para-hydroxylation sites is 1. The Bertz CT molecular complexity index is 758. The number of hydrogen-bond donors (Lipinski definition) is 1. The number of benzene rings is 1. The van der Waals surface area contributed by atoms with E-state index in [4.69, 9.17) is 0 Å². The van der Waals surface area contributed by atoms with Gasteiger partial charge in [0.1, 0.15) is 0 Å². The first-order valence-electron chi connectivity index (χ1n) is 8.44. The molecule has 26 heavy (non-hydrogen) atoms. The molecule has 1 aliphatic heterocycles. The lowest BCUT2D eigenvalue weighted by Crippen LogP contribution is -2.51. The fourth-order valence-corrected chi connectivity index (χ4v) is 4.25. The number of hydrogen-bond acceptors (Lipinski definition) is 6. The molecule has 0 radical (unpaired) electrons. The summed E-state index contributed by atoms with van der Waals surface area (Å²) >= 11 is 0. The van der Waals surface area contributed by atoms with E-state index in [2.05, 4.69) is 5.32 Å². The van der Waals surface area contributed by atoms with E-state index in [0.29, 0.717) is 25.6 Å². The van der Waals surface area contributed by atoms with Crippen molar-refractivity contribution in [1.29, 1.82) is 0 Å². The molecule has 1 amide bonds. The molecule has 9 nitrogen and oxygen atoms in total. The van der Waals surface area contributed by atoms with Gasteiger partial charge in [0.25, 0.3) is 5.69 Å². The van der Waals surface area contributed by atoms with Crippen LogP contribution in [0.3, 0.4) is 0 Å². The molecule has 1 aromatic rings. The molecular weight excluding hydrogens is 360 g/mol. The van der Waals surface area contributed by atoms with Crippen LogP contribution in [0.2, 0.25) is 0 Å². The molecule has 0 aliphatic carbocycles. The van der Waals surface area contributed by atoms with E-state index < -0.39 is 20.6 Å². The molecule has 0 bridgehead atoms. The highest BCUT2D eigenvalue weighted by molar-refractivity contribution is 7.89. The summed E-state index contributed by atoms with van der Waals surface area (Å²) in [6.45, 7) is 6.00. The number of carbonyl (C=O) groups excluding carboxylic acids is 1. The smallest absolute Gasteiger partial charge is 0.289 e. The minimum absolute atomic E-state index is 0.0892. The second kappa shape index (κ2) is 8.56. The average molecular weight is 384 g/mol. The van der Waals surface area contributed by atoms with Crippen LogP contribution in [0.25, 0.3) is 0 Å². The molecule has 2 rings (SSSR count). The molecule has 10 heteroatoms. The Labute approximate surface area is 153 Å². The van der Waals surface area contributed by atoms with E-state index in [9.17, 15) is 23.3 Å². The average Bonchev–Trinajstić information content (AvgIpc) is 2.60. The Hall–Kier alpha value is -2.04. The standard InChI is InChI=1S/C16H24N4O5S/c1-13(2)11-17-16(21)12-18-7-9-19(10-8-18)26(24,25)15-6-4-3-5-14(15)20(22)23/h3-6,13H,7-12H2,1-2H3,(H,17,21). The second-order valence-electron chi connectivity index (χ2n) is 6.60. The van der Waals surface area contributed by atoms with Gasteiger partial charge >= 0.3 is 0 Å². The number of sulfonamides is 1. The number of nitrogens with one attached hydrogen (secondary N) is 1. The van der Waals surface area contributed by atoms with E-state index in [1.165, 1.54) is 28.6 Å². The van der Waals surface area contributed by atoms with Gasteiger partial charge in [0.2, 0.25) is 15.9 Å². The number of amides is 1. The summed E-state index contributed by atoms with van der Waals surface area (Å²) < 4.78 is 26.7. The molecule has 0 atom stereocenters. The summed E-state index contributed by atoms with van der Waals surface area (Å²) in [6.07, 6.45) is 0. The number of nitro benzene ring substituents is 1. The summed E-state index contributed by atoms with van der Waals surface area (Å²) in [6, 6.07) is 5.33. The lowest BCUT2D eigenvalue weighted by molar-refractivity contribution is -0.387. The number of nitro groups is 1. The summed E-state index contributed by atoms with van der Waals surface area (Å²) in [5.74, 6) is 0.274. The van der Waals surface area contributed by atoms with Crippen molar-refractivity contribution in [2.45, 2.75) is 18.7 Å². The van der Waals surface area contributed by atoms with Crippen LogP contribution in [-0.4, -0.2) is 67.7 Å². The summed E-state index contributed by atoms with van der Waals surface area (Å²) in [5.41, 5.74) is -0.428. The first kappa shape index (κ1) is 20.3. The molecule has 1 fully saturated rings. The monoisotopic (exact) mass is 384 g/mol. The molecule has 144 valence electrons. The summed E-state index contributed by atoms with van der Waals surface area (Å²) in [7, 11) is -3.95. The van der Waals surface area contributed by atoms with Crippen molar-refractivity contribution in [3.8, 4) is 0 Å². The zero-order chi connectivity index (χ0) is 19.3. The molecule has 0 unspecified atom stereocenters. The SMILES string of the molecule is CC(C)CNC(=O)CN1CCN(S(=O)(=O)c2ccccc2[N+](=O)[O-])CC1. The van der Waals surface area contributed by atoms with Gasteiger partial charge in [-0.1, -0.05) is 26.0 Å². The van der Waals surface area contributed by atoms with Crippen LogP contribution >= 0.6 is 0 Å². The van der Waals surface area contributed by atoms with Crippen molar-refractivity contribution >= 4 is 21.6 Å². The van der Waals surface area contributed by atoms with E-state index in [1.807, 2.05) is 18.7 Å². The van der Waals surface area contributed by atoms with Crippen LogP contribution in [0.5, 0.6) is 0 Å². The third kappa shape index (κ3) is 4.99. The molecule has 0 aromatic heterocycles. The van der Waals surface area contributed by atoms with Gasteiger partial charge < -0.3 is 5.32 Å². The van der Waals surface area contributed by atoms with Crippen LogP contribution in [0, 0.1) is 16.0 Å². The zero-order valence-electron chi connectivity index (χ0n) is 14.9. The highest BCUT2D eigenvalue weighted by Crippen LogP contribution is 2.26. The highest BCUT2D eigenvalue weighted by Gasteiger charge is 2.33. The molecule has 0 saturated carbocycles. The third-order valence-electron chi connectivity index (χ3n) is 4.09. The van der Waals surface area contributed by atoms with Crippen LogP contribution in [0.15, 0.2) is 29.2 Å². The normalized spacial score (nSPS) is 16.6. The number of piperazine rings is 1. The minimum atomic E-state index is -3.95. The van der Waals surface area contributed by atoms with Gasteiger partial charge in [-0.05, 0) is 12.0 Å². The summed E-state index contributed by atoms with van der Waals surface area (Å²) in [4.78, 5) is 23.9. The molecule has 0 spiro atoms. The first-order chi connectivity index (χ1) is 12.2. The van der Waals surface area contributed by atoms with Crippen molar-refractivity contribution < 1.29 is 18.1 Å². The second-order valence-corrected chi connectivity index (χ2v) is 8.51. The maximum atomic E-state index is 12.7. The topological polar surface area (TPSA) is 113 Å². The van der Waals surface area contributed by atoms with Gasteiger partial charge in [0.15, 0.2) is 4.90 Å². The van der Waals surface area contributed by atoms with Crippen LogP contribution in [0.1, 0.15) is 13.8 Å². The number of nitrogens with zero attached hydrogens (tertiary/aromatic N) is 3. The van der Waals surface area contributed by atoms with Crippen LogP contribution < -0.4 is 5.32 Å². The number of rotatable bonds is 7. The van der Waals surface area contributed by atoms with E-state index in [1.54, 1.807) is 0 Å². The fraction of sp³-hybridized carbons (Fsp3) is 0.562. The van der Waals surface area contributed by atoms with Crippen molar-refractivity contribution in [3.05, 3.63) is 34.4 Å². The van der Waals surface area contributed by atoms with Gasteiger partial charge in [0, 0.05) is 38.8 Å². The molecule has 1 saturated heterocycles. The Balaban J connectivity index is 1.99. The van der Waals surface area contributed by atoms with Crippen molar-refractivity contribution in [2.24, 2.45) is 5.92 Å². The summed E-state index contributed by atoms with van der Waals surface area (Å²) in [5, 5.41) is 13.9. The molecule has 1 N–H and O–H groups in total. The van der Waals surface area contributed by atoms with Gasteiger partial charge in [0.05, 0.1) is 11.5 Å². The Morgan fingerprint density at radius 1 is 1.23 bits per heavy atom. The highest BCUT2D eigenvalue weighted by atomic mass is 32.2. The van der Waals surface area contributed by atoms with Gasteiger partial charge in [-0.2, -0.15) is 4.31 Å². The zero-order valence-corrected chi connectivity index (χ0v) is 15.7. The molecule has 1 heterocycles. The number of carbonyl (C=O) groups is 1. The molecule has 1 aromatic carbocycles. The first-order valence-corrected chi connectivity index (χ1v) is 9.88. The quantitative estimate of drug-likeness (QED) is 0.546. The van der Waals surface area contributed by atoms with E-state index in [0.717, 1.165) is 0 Å². The maximum absolute atomic E-state index is 12.7. The fourth-order valence-electron chi connectivity index (χ4n) is 2.67. The molecule has 1 aliphatic rings. The van der Waals surface area contributed by atoms with Crippen LogP contribution in [0.4, 0.5) is 5.69 Å². The lowest BCUT2D eigenvalue weighted by Gasteiger charge is -2.33. The predicted octanol–water partition coefficient (Wildman–Crippen LogP) is 0.673. The Morgan fingerprint density at radius 3 is 2.42 bits per heavy atom. The van der Waals surface area contributed by atoms with Gasteiger partial charge in [-0.25, -0.2) is 8.42 Å². The Morgan fingerprint density at radius 2 is 1.85 bits per heavy atom. The van der Waals surface area contributed by atoms with Crippen molar-refractivity contribution in [1.82, 2.24) is 14.5 Å². The maximum Gasteiger partial charge on any atom is 0.289 e. The third-order valence-corrected chi connectivity index (χ3v) is 6.03. The van der Waals surface area contributed by atoms with Gasteiger partial charge in [-0.3, -0.25) is 19.8 Å². The molecular formula is C16H24N4O5S. The Kier molecular flexibility index (Phi) is 6.68. The van der Waals surface area contributed by atoms with Crippen LogP contribution in [-0.2, 0) is 14.8 Å². The van der Waals surface area contributed by atoms with E-state index >= 15 is 0 Å². The largest absolute Gasteiger partial charge is 0.355 e. The minimum Gasteiger partial charge on any atom is -0.355 e. The van der Waals surface area contributed by atoms with Gasteiger partial charge in [-0.15, -0.1) is 0 Å². The lowest BCUT2D eigenvalue weighted by atomic mass is 10.2. The van der Waals surface area contributed by atoms with Crippen molar-refractivity contribution in [2.75, 3.05) is 39.3 Å².